The molecule has 144 valence electrons. The van der Waals surface area contributed by atoms with Crippen LogP contribution in [0.1, 0.15) is 31.0 Å². The lowest BCUT2D eigenvalue weighted by atomic mass is 10.1. The van der Waals surface area contributed by atoms with Crippen LogP contribution in [0.3, 0.4) is 0 Å². The van der Waals surface area contributed by atoms with Crippen LogP contribution >= 0.6 is 11.6 Å². The molecule has 2 aromatic carbocycles. The molecule has 0 aromatic heterocycles. The molecule has 0 spiro atoms. The number of rotatable bonds is 8. The molecule has 0 aliphatic rings. The van der Waals surface area contributed by atoms with Crippen molar-refractivity contribution in [3.8, 4) is 0 Å². The summed E-state index contributed by atoms with van der Waals surface area (Å²) in [5.74, 6) is -0.279. The van der Waals surface area contributed by atoms with Crippen molar-refractivity contribution in [1.29, 1.82) is 0 Å². The number of hydrogen-bond donors (Lipinski definition) is 2. The topological polar surface area (TPSA) is 61.4 Å². The summed E-state index contributed by atoms with van der Waals surface area (Å²) in [6.45, 7) is 4.24. The van der Waals surface area contributed by atoms with Crippen LogP contribution in [-0.2, 0) is 16.0 Å². The third kappa shape index (κ3) is 6.70. The van der Waals surface area contributed by atoms with Gasteiger partial charge in [-0.05, 0) is 49.7 Å². The first kappa shape index (κ1) is 20.9. The second-order valence-corrected chi connectivity index (χ2v) is 7.01. The number of nitrogens with one attached hydrogen (secondary N) is 2. The Morgan fingerprint density at radius 1 is 1.04 bits per heavy atom. The predicted molar refractivity (Wildman–Crippen MR) is 110 cm³/mol. The van der Waals surface area contributed by atoms with Gasteiger partial charge in [-0.2, -0.15) is 0 Å². The van der Waals surface area contributed by atoms with E-state index in [0.29, 0.717) is 5.02 Å². The van der Waals surface area contributed by atoms with Gasteiger partial charge in [-0.1, -0.05) is 48.9 Å². The Morgan fingerprint density at radius 2 is 1.67 bits per heavy atom. The predicted octanol–water partition coefficient (Wildman–Crippen LogP) is 3.65. The summed E-state index contributed by atoms with van der Waals surface area (Å²) in [6.07, 6.45) is 0.845. The van der Waals surface area contributed by atoms with E-state index >= 15 is 0 Å². The number of halogens is 1. The monoisotopic (exact) mass is 387 g/mol. The Hall–Kier alpha value is -2.37. The smallest absolute Gasteiger partial charge is 0.238 e. The van der Waals surface area contributed by atoms with E-state index < -0.39 is 0 Å². The normalized spacial score (nSPS) is 11.9. The third-order valence-electron chi connectivity index (χ3n) is 4.25. The van der Waals surface area contributed by atoms with Crippen LogP contribution in [0.5, 0.6) is 0 Å². The summed E-state index contributed by atoms with van der Waals surface area (Å²) < 4.78 is 0. The van der Waals surface area contributed by atoms with E-state index in [1.165, 1.54) is 0 Å². The zero-order valence-corrected chi connectivity index (χ0v) is 16.7. The molecule has 0 fully saturated rings. The Balaban J connectivity index is 1.81. The lowest BCUT2D eigenvalue weighted by molar-refractivity contribution is -0.123. The fourth-order valence-electron chi connectivity index (χ4n) is 2.81. The molecule has 27 heavy (non-hydrogen) atoms. The van der Waals surface area contributed by atoms with Crippen molar-refractivity contribution in [2.45, 2.75) is 26.3 Å². The quantitative estimate of drug-likeness (QED) is 0.726. The van der Waals surface area contributed by atoms with Gasteiger partial charge in [0.15, 0.2) is 0 Å². The highest BCUT2D eigenvalue weighted by atomic mass is 35.5. The van der Waals surface area contributed by atoms with Gasteiger partial charge in [0, 0.05) is 10.7 Å². The molecule has 2 aromatic rings. The molecule has 0 aliphatic carbocycles. The Morgan fingerprint density at radius 3 is 2.33 bits per heavy atom. The van der Waals surface area contributed by atoms with Crippen molar-refractivity contribution in [3.05, 3.63) is 64.7 Å². The van der Waals surface area contributed by atoms with E-state index in [2.05, 4.69) is 10.6 Å². The summed E-state index contributed by atoms with van der Waals surface area (Å²) in [5.41, 5.74) is 2.88. The molecule has 0 aliphatic heterocycles. The van der Waals surface area contributed by atoms with Crippen molar-refractivity contribution in [2.24, 2.45) is 0 Å². The summed E-state index contributed by atoms with van der Waals surface area (Å²) in [6, 6.07) is 15.0. The fourth-order valence-corrected chi connectivity index (χ4v) is 2.93. The first-order valence-electron chi connectivity index (χ1n) is 9.00. The maximum atomic E-state index is 12.3. The second-order valence-electron chi connectivity index (χ2n) is 6.57. The van der Waals surface area contributed by atoms with Gasteiger partial charge in [-0.3, -0.25) is 14.5 Å². The molecule has 0 heterocycles. The van der Waals surface area contributed by atoms with E-state index in [-0.39, 0.29) is 30.9 Å². The molecule has 2 rings (SSSR count). The lowest BCUT2D eigenvalue weighted by Crippen LogP contribution is -2.39. The third-order valence-corrected chi connectivity index (χ3v) is 4.50. The molecule has 0 radical (unpaired) electrons. The van der Waals surface area contributed by atoms with E-state index in [4.69, 9.17) is 11.6 Å². The highest BCUT2D eigenvalue weighted by Gasteiger charge is 2.14. The van der Waals surface area contributed by atoms with Gasteiger partial charge in [-0.15, -0.1) is 0 Å². The van der Waals surface area contributed by atoms with Crippen molar-refractivity contribution < 1.29 is 9.59 Å². The van der Waals surface area contributed by atoms with Crippen LogP contribution < -0.4 is 10.6 Å². The zero-order valence-electron chi connectivity index (χ0n) is 16.0. The standard InChI is InChI=1S/C21H26ClN3O2/c1-4-16-7-5-6-8-19(16)24-21(27)14-25(3)13-20(26)23-15(2)17-9-11-18(22)12-10-17/h5-12,15H,4,13-14H2,1-3H3,(H,23,26)(H,24,27)/t15-/m0/s1. The first-order chi connectivity index (χ1) is 12.9. The number of aryl methyl sites for hydroxylation is 1. The molecule has 2 amide bonds. The number of hydrogen-bond acceptors (Lipinski definition) is 3. The van der Waals surface area contributed by atoms with Crippen LogP contribution in [0, 0.1) is 0 Å². The maximum Gasteiger partial charge on any atom is 0.238 e. The minimum Gasteiger partial charge on any atom is -0.348 e. The number of nitrogens with zero attached hydrogens (tertiary/aromatic N) is 1. The SMILES string of the molecule is CCc1ccccc1NC(=O)CN(C)CC(=O)N[C@@H](C)c1ccc(Cl)cc1. The van der Waals surface area contributed by atoms with Crippen molar-refractivity contribution >= 4 is 29.1 Å². The van der Waals surface area contributed by atoms with Crippen molar-refractivity contribution in [2.75, 3.05) is 25.5 Å². The van der Waals surface area contributed by atoms with E-state index in [0.717, 1.165) is 23.2 Å². The summed E-state index contributed by atoms with van der Waals surface area (Å²) in [7, 11) is 1.75. The molecule has 5 nitrogen and oxygen atoms in total. The van der Waals surface area contributed by atoms with Crippen molar-refractivity contribution in [1.82, 2.24) is 10.2 Å². The summed E-state index contributed by atoms with van der Waals surface area (Å²) in [4.78, 5) is 26.2. The van der Waals surface area contributed by atoms with Gasteiger partial charge < -0.3 is 10.6 Å². The van der Waals surface area contributed by atoms with Gasteiger partial charge >= 0.3 is 0 Å². The number of carbonyl (C=O) groups excluding carboxylic acids is 2. The molecule has 6 heteroatoms. The number of benzene rings is 2. The Labute approximate surface area is 165 Å². The van der Waals surface area contributed by atoms with Crippen LogP contribution in [0.25, 0.3) is 0 Å². The second kappa shape index (κ2) is 10.1. The summed E-state index contributed by atoms with van der Waals surface area (Å²) in [5, 5.41) is 6.50. The molecular weight excluding hydrogens is 362 g/mol. The van der Waals surface area contributed by atoms with Crippen LogP contribution in [-0.4, -0.2) is 36.9 Å². The molecule has 0 bridgehead atoms. The number of para-hydroxylation sites is 1. The molecule has 0 saturated carbocycles. The number of carbonyl (C=O) groups is 2. The fraction of sp³-hybridized carbons (Fsp3) is 0.333. The first-order valence-corrected chi connectivity index (χ1v) is 9.38. The van der Waals surface area contributed by atoms with Crippen molar-refractivity contribution in [3.63, 3.8) is 0 Å². The average molecular weight is 388 g/mol. The summed E-state index contributed by atoms with van der Waals surface area (Å²) >= 11 is 5.88. The maximum absolute atomic E-state index is 12.3. The molecular formula is C21H26ClN3O2. The van der Waals surface area contributed by atoms with Gasteiger partial charge in [0.25, 0.3) is 0 Å². The van der Waals surface area contributed by atoms with Gasteiger partial charge in [0.2, 0.25) is 11.8 Å². The number of anilines is 1. The van der Waals surface area contributed by atoms with Crippen LogP contribution in [0.4, 0.5) is 5.69 Å². The zero-order chi connectivity index (χ0) is 19.8. The Kier molecular flexibility index (Phi) is 7.82. The minimum absolute atomic E-state index is 0.131. The van der Waals surface area contributed by atoms with E-state index in [1.54, 1.807) is 24.1 Å². The van der Waals surface area contributed by atoms with Gasteiger partial charge in [0.05, 0.1) is 19.1 Å². The molecule has 1 atom stereocenters. The largest absolute Gasteiger partial charge is 0.348 e. The van der Waals surface area contributed by atoms with E-state index in [9.17, 15) is 9.59 Å². The molecule has 2 N–H and O–H groups in total. The Bertz CT molecular complexity index is 777. The molecule has 0 unspecified atom stereocenters. The highest BCUT2D eigenvalue weighted by Crippen LogP contribution is 2.16. The highest BCUT2D eigenvalue weighted by molar-refractivity contribution is 6.30. The van der Waals surface area contributed by atoms with E-state index in [1.807, 2.05) is 50.2 Å². The average Bonchev–Trinajstić information content (AvgIpc) is 2.62. The lowest BCUT2D eigenvalue weighted by Gasteiger charge is -2.19. The van der Waals surface area contributed by atoms with Crippen LogP contribution in [0.15, 0.2) is 48.5 Å². The number of amides is 2. The van der Waals surface area contributed by atoms with Gasteiger partial charge in [0.1, 0.15) is 0 Å². The van der Waals surface area contributed by atoms with Crippen LogP contribution in [0.2, 0.25) is 5.02 Å². The molecule has 0 saturated heterocycles. The number of likely N-dealkylation sites (N-methyl/N-ethyl adjacent to an activating group) is 1. The van der Waals surface area contributed by atoms with Gasteiger partial charge in [-0.25, -0.2) is 0 Å². The minimum atomic E-state index is -0.142.